The molecule has 0 aliphatic heterocycles. The van der Waals surface area contributed by atoms with Crippen LogP contribution in [0.5, 0.6) is 0 Å². The fourth-order valence-electron chi connectivity index (χ4n) is 2.15. The molecule has 0 saturated heterocycles. The lowest BCUT2D eigenvalue weighted by molar-refractivity contribution is 0.187. The maximum absolute atomic E-state index is 12.6. The highest BCUT2D eigenvalue weighted by Gasteiger charge is 2.29. The molecule has 6 nitrogen and oxygen atoms in total. The third-order valence-corrected chi connectivity index (χ3v) is 5.15. The van der Waals surface area contributed by atoms with Gasteiger partial charge in [0, 0.05) is 17.8 Å². The summed E-state index contributed by atoms with van der Waals surface area (Å²) in [6.07, 6.45) is -0.600. The van der Waals surface area contributed by atoms with Gasteiger partial charge in [-0.25, -0.2) is 13.2 Å². The minimum Gasteiger partial charge on any atom is -0.453 e. The molecule has 0 saturated carbocycles. The fourth-order valence-corrected chi connectivity index (χ4v) is 3.99. The molecule has 1 aromatic carbocycles. The van der Waals surface area contributed by atoms with Crippen molar-refractivity contribution in [2.75, 3.05) is 12.4 Å². The summed E-state index contributed by atoms with van der Waals surface area (Å²) in [5, 5.41) is 2.48. The minimum absolute atomic E-state index is 0.136. The second-order valence-electron chi connectivity index (χ2n) is 5.16. The first-order valence-corrected chi connectivity index (χ1v) is 8.12. The molecule has 0 fully saturated rings. The van der Waals surface area contributed by atoms with E-state index < -0.39 is 16.1 Å². The van der Waals surface area contributed by atoms with Crippen LogP contribution in [0.25, 0.3) is 0 Å². The molecule has 21 heavy (non-hydrogen) atoms. The zero-order valence-corrected chi connectivity index (χ0v) is 13.8. The summed E-state index contributed by atoms with van der Waals surface area (Å²) in [4.78, 5) is 11.3. The standard InChI is InChI=1S/C14H22N2O4S/c1-10(2)16(11(3)4)21(18,19)13-8-6-12(7-9-13)15-14(17)20-5/h6-11H,1-5H3,(H,15,17). The summed E-state index contributed by atoms with van der Waals surface area (Å²) in [5.74, 6) is 0. The van der Waals surface area contributed by atoms with Crippen LogP contribution in [0.1, 0.15) is 27.7 Å². The van der Waals surface area contributed by atoms with Crippen LogP contribution < -0.4 is 5.32 Å². The van der Waals surface area contributed by atoms with Gasteiger partial charge in [0.05, 0.1) is 12.0 Å². The smallest absolute Gasteiger partial charge is 0.411 e. The number of hydrogen-bond donors (Lipinski definition) is 1. The largest absolute Gasteiger partial charge is 0.453 e. The monoisotopic (exact) mass is 314 g/mol. The van der Waals surface area contributed by atoms with Gasteiger partial charge in [0.2, 0.25) is 10.0 Å². The van der Waals surface area contributed by atoms with E-state index in [9.17, 15) is 13.2 Å². The number of sulfonamides is 1. The lowest BCUT2D eigenvalue weighted by Crippen LogP contribution is -2.41. The number of ether oxygens (including phenoxy) is 1. The second-order valence-corrected chi connectivity index (χ2v) is 7.01. The maximum Gasteiger partial charge on any atom is 0.411 e. The number of nitrogens with one attached hydrogen (secondary N) is 1. The van der Waals surface area contributed by atoms with Gasteiger partial charge in [0.25, 0.3) is 0 Å². The molecule has 118 valence electrons. The number of nitrogens with zero attached hydrogens (tertiary/aromatic N) is 1. The Hall–Kier alpha value is -1.60. The van der Waals surface area contributed by atoms with Gasteiger partial charge in [-0.05, 0) is 52.0 Å². The Morgan fingerprint density at radius 3 is 1.95 bits per heavy atom. The van der Waals surface area contributed by atoms with Crippen LogP contribution in [0.2, 0.25) is 0 Å². The third-order valence-electron chi connectivity index (χ3n) is 2.88. The number of benzene rings is 1. The number of amides is 1. The van der Waals surface area contributed by atoms with E-state index in [-0.39, 0.29) is 17.0 Å². The molecule has 1 amide bonds. The molecule has 0 unspecified atom stereocenters. The number of carbonyl (C=O) groups excluding carboxylic acids is 1. The van der Waals surface area contributed by atoms with Crippen LogP contribution in [0.3, 0.4) is 0 Å². The van der Waals surface area contributed by atoms with Crippen molar-refractivity contribution < 1.29 is 17.9 Å². The highest BCUT2D eigenvalue weighted by atomic mass is 32.2. The molecule has 1 rings (SSSR count). The molecule has 0 bridgehead atoms. The van der Waals surface area contributed by atoms with Gasteiger partial charge in [0.15, 0.2) is 0 Å². The Bertz CT molecular complexity index is 571. The lowest BCUT2D eigenvalue weighted by Gasteiger charge is -2.29. The van der Waals surface area contributed by atoms with Gasteiger partial charge in [0.1, 0.15) is 0 Å². The van der Waals surface area contributed by atoms with Crippen molar-refractivity contribution in [3.63, 3.8) is 0 Å². The summed E-state index contributed by atoms with van der Waals surface area (Å²) in [6.45, 7) is 7.35. The quantitative estimate of drug-likeness (QED) is 0.906. The maximum atomic E-state index is 12.6. The van der Waals surface area contributed by atoms with Gasteiger partial charge >= 0.3 is 6.09 Å². The molecule has 0 atom stereocenters. The van der Waals surface area contributed by atoms with E-state index in [1.807, 2.05) is 27.7 Å². The van der Waals surface area contributed by atoms with Crippen molar-refractivity contribution >= 4 is 21.8 Å². The highest BCUT2D eigenvalue weighted by Crippen LogP contribution is 2.22. The second kappa shape index (κ2) is 6.91. The lowest BCUT2D eigenvalue weighted by atomic mass is 10.3. The molecule has 0 aromatic heterocycles. The molecule has 0 spiro atoms. The molecule has 0 heterocycles. The topological polar surface area (TPSA) is 75.7 Å². The fraction of sp³-hybridized carbons (Fsp3) is 0.500. The zero-order valence-electron chi connectivity index (χ0n) is 13.0. The van der Waals surface area contributed by atoms with Crippen LogP contribution in [-0.4, -0.2) is 38.0 Å². The molecule has 0 aliphatic carbocycles. The third kappa shape index (κ3) is 4.18. The summed E-state index contributed by atoms with van der Waals surface area (Å²) in [6, 6.07) is 5.73. The Morgan fingerprint density at radius 2 is 1.57 bits per heavy atom. The molecular formula is C14H22N2O4S. The van der Waals surface area contributed by atoms with Crippen molar-refractivity contribution in [1.82, 2.24) is 4.31 Å². The van der Waals surface area contributed by atoms with Crippen molar-refractivity contribution in [2.45, 2.75) is 44.7 Å². The van der Waals surface area contributed by atoms with Crippen LogP contribution in [0.4, 0.5) is 10.5 Å². The number of hydrogen-bond acceptors (Lipinski definition) is 4. The van der Waals surface area contributed by atoms with Crippen molar-refractivity contribution in [3.8, 4) is 0 Å². The predicted octanol–water partition coefficient (Wildman–Crippen LogP) is 2.67. The molecular weight excluding hydrogens is 292 g/mol. The van der Waals surface area contributed by atoms with Crippen molar-refractivity contribution in [1.29, 1.82) is 0 Å². The van der Waals surface area contributed by atoms with E-state index in [1.54, 1.807) is 0 Å². The molecule has 0 aliphatic rings. The normalized spacial score (nSPS) is 12.0. The Balaban J connectivity index is 3.07. The van der Waals surface area contributed by atoms with Crippen LogP contribution in [0.15, 0.2) is 29.2 Å². The van der Waals surface area contributed by atoms with Crippen LogP contribution in [-0.2, 0) is 14.8 Å². The summed E-state index contributed by atoms with van der Waals surface area (Å²) in [7, 11) is -2.30. The van der Waals surface area contributed by atoms with Crippen molar-refractivity contribution in [3.05, 3.63) is 24.3 Å². The SMILES string of the molecule is COC(=O)Nc1ccc(S(=O)(=O)N(C(C)C)C(C)C)cc1. The first-order valence-electron chi connectivity index (χ1n) is 6.68. The Morgan fingerprint density at radius 1 is 1.10 bits per heavy atom. The first-order chi connectivity index (χ1) is 9.70. The average molecular weight is 314 g/mol. The van der Waals surface area contributed by atoms with Gasteiger partial charge in [-0.15, -0.1) is 0 Å². The summed E-state index contributed by atoms with van der Waals surface area (Å²) < 4.78 is 31.2. The number of carbonyl (C=O) groups is 1. The molecule has 1 N–H and O–H groups in total. The van der Waals surface area contributed by atoms with E-state index >= 15 is 0 Å². The van der Waals surface area contributed by atoms with Gasteiger partial charge in [-0.1, -0.05) is 0 Å². The van der Waals surface area contributed by atoms with E-state index in [1.165, 1.54) is 35.7 Å². The average Bonchev–Trinajstić information content (AvgIpc) is 2.37. The van der Waals surface area contributed by atoms with E-state index in [2.05, 4.69) is 10.1 Å². The Labute approximate surface area is 126 Å². The highest BCUT2D eigenvalue weighted by molar-refractivity contribution is 7.89. The first kappa shape index (κ1) is 17.5. The molecule has 0 radical (unpaired) electrons. The predicted molar refractivity (Wildman–Crippen MR) is 81.8 cm³/mol. The van der Waals surface area contributed by atoms with Gasteiger partial charge in [-0.2, -0.15) is 4.31 Å². The molecule has 1 aromatic rings. The van der Waals surface area contributed by atoms with Crippen molar-refractivity contribution in [2.24, 2.45) is 0 Å². The van der Waals surface area contributed by atoms with E-state index in [4.69, 9.17) is 0 Å². The number of rotatable bonds is 5. The van der Waals surface area contributed by atoms with Gasteiger partial charge in [-0.3, -0.25) is 5.32 Å². The number of methoxy groups -OCH3 is 1. The van der Waals surface area contributed by atoms with Crippen LogP contribution >= 0.6 is 0 Å². The molecule has 7 heteroatoms. The number of anilines is 1. The zero-order chi connectivity index (χ0) is 16.2. The summed E-state index contributed by atoms with van der Waals surface area (Å²) in [5.41, 5.74) is 0.474. The van der Waals surface area contributed by atoms with Gasteiger partial charge < -0.3 is 4.74 Å². The minimum atomic E-state index is -3.56. The Kier molecular flexibility index (Phi) is 5.74. The van der Waals surface area contributed by atoms with E-state index in [0.29, 0.717) is 5.69 Å². The summed E-state index contributed by atoms with van der Waals surface area (Å²) >= 11 is 0. The van der Waals surface area contributed by atoms with E-state index in [0.717, 1.165) is 0 Å². The van der Waals surface area contributed by atoms with Crippen LogP contribution in [0, 0.1) is 0 Å².